The van der Waals surface area contributed by atoms with E-state index in [1.165, 1.54) is 18.5 Å². The Morgan fingerprint density at radius 2 is 1.88 bits per heavy atom. The predicted molar refractivity (Wildman–Crippen MR) is 126 cm³/mol. The molecule has 3 heterocycles. The molecular weight excluding hydrogens is 440 g/mol. The van der Waals surface area contributed by atoms with Crippen molar-refractivity contribution in [3.63, 3.8) is 0 Å². The molecule has 1 aromatic rings. The maximum Gasteiger partial charge on any atom is 0.387 e. The first-order chi connectivity index (χ1) is 16.2. The van der Waals surface area contributed by atoms with Gasteiger partial charge in [-0.2, -0.15) is 8.78 Å². The molecule has 2 aliphatic heterocycles. The molecule has 0 aromatic carbocycles. The molecule has 0 amide bonds. The van der Waals surface area contributed by atoms with E-state index in [1.54, 1.807) is 12.3 Å². The fourth-order valence-corrected chi connectivity index (χ4v) is 6.50. The number of hydrogen-bond acceptors (Lipinski definition) is 7. The number of nitrogens with one attached hydrogen (secondary N) is 1. The van der Waals surface area contributed by atoms with Crippen LogP contribution in [-0.4, -0.2) is 59.9 Å². The summed E-state index contributed by atoms with van der Waals surface area (Å²) in [5.74, 6) is 1.85. The van der Waals surface area contributed by atoms with Crippen LogP contribution in [0.15, 0.2) is 24.0 Å². The van der Waals surface area contributed by atoms with Crippen LogP contribution in [-0.2, 0) is 10.3 Å². The van der Waals surface area contributed by atoms with Crippen molar-refractivity contribution < 1.29 is 18.3 Å². The van der Waals surface area contributed by atoms with Gasteiger partial charge in [0, 0.05) is 50.1 Å². The third kappa shape index (κ3) is 4.27. The summed E-state index contributed by atoms with van der Waals surface area (Å²) in [6.45, 7) is 5.72. The Hall–Kier alpha value is -1.97. The normalized spacial score (nSPS) is 34.1. The molecule has 0 spiro atoms. The van der Waals surface area contributed by atoms with Crippen LogP contribution in [0, 0.1) is 17.8 Å². The maximum absolute atomic E-state index is 12.8. The number of likely N-dealkylation sites (tertiary alicyclic amines) is 1. The summed E-state index contributed by atoms with van der Waals surface area (Å²) in [4.78, 5) is 6.80. The monoisotopic (exact) mass is 477 g/mol. The van der Waals surface area contributed by atoms with Crippen molar-refractivity contribution in [2.24, 2.45) is 17.8 Å². The summed E-state index contributed by atoms with van der Waals surface area (Å²) >= 11 is 0. The topological polar surface area (TPSA) is 75.9 Å². The summed E-state index contributed by atoms with van der Waals surface area (Å²) in [6, 6.07) is 2.53. The Morgan fingerprint density at radius 1 is 1.21 bits per heavy atom. The number of halogens is 2. The zero-order chi connectivity index (χ0) is 24.2. The van der Waals surface area contributed by atoms with Gasteiger partial charge in [-0.1, -0.05) is 0 Å². The number of hydrazine groups is 1. The lowest BCUT2D eigenvalue weighted by molar-refractivity contribution is -0.0496. The van der Waals surface area contributed by atoms with Gasteiger partial charge in [0.15, 0.2) is 11.6 Å². The van der Waals surface area contributed by atoms with Crippen molar-refractivity contribution in [1.82, 2.24) is 20.3 Å². The van der Waals surface area contributed by atoms with Crippen LogP contribution in [0.3, 0.4) is 0 Å². The van der Waals surface area contributed by atoms with Crippen molar-refractivity contribution in [2.75, 3.05) is 25.9 Å². The molecule has 1 aromatic heterocycles. The Labute approximate surface area is 200 Å². The van der Waals surface area contributed by atoms with Gasteiger partial charge in [0.05, 0.1) is 11.6 Å². The van der Waals surface area contributed by atoms with Crippen molar-refractivity contribution in [3.05, 3.63) is 29.6 Å². The number of allylic oxidation sites excluding steroid dienone is 1. The lowest BCUT2D eigenvalue weighted by Crippen LogP contribution is -2.47. The largest absolute Gasteiger partial charge is 0.431 e. The minimum atomic E-state index is -2.94. The molecule has 7 nitrogen and oxygen atoms in total. The van der Waals surface area contributed by atoms with E-state index in [0.717, 1.165) is 31.5 Å². The predicted octanol–water partition coefficient (Wildman–Crippen LogP) is 3.73. The number of nitrogens with zero attached hydrogens (tertiary/aromatic N) is 3. The highest BCUT2D eigenvalue weighted by Crippen LogP contribution is 2.63. The van der Waals surface area contributed by atoms with Gasteiger partial charge in [-0.15, -0.1) is 0 Å². The molecule has 188 valence electrons. The quantitative estimate of drug-likeness (QED) is 0.620. The number of nitrogens with two attached hydrogens (primary N) is 1. The first-order valence-corrected chi connectivity index (χ1v) is 12.5. The van der Waals surface area contributed by atoms with E-state index in [0.29, 0.717) is 29.9 Å². The highest BCUT2D eigenvalue weighted by atomic mass is 19.3. The standard InChI is InChI=1S/C25H37F2N5O2/c1-14(2)32-20(12-25(3,30-32)15-9-21(34-24(26)27)23(28)29-13-15)22-18-10-16(11-19(18)22)31-7-5-17(33-4)6-8-31/h9,12-14,16-19,22,24,30H,5-8,10-11H2,1-4H3,(H2,28,29)/t16?,18-,19+,22?,25?. The van der Waals surface area contributed by atoms with E-state index >= 15 is 0 Å². The van der Waals surface area contributed by atoms with Crippen molar-refractivity contribution in [3.8, 4) is 5.75 Å². The Bertz CT molecular complexity index is 924. The van der Waals surface area contributed by atoms with Gasteiger partial charge in [-0.05, 0) is 76.0 Å². The summed E-state index contributed by atoms with van der Waals surface area (Å²) in [6.07, 6.45) is 9.09. The van der Waals surface area contributed by atoms with Gasteiger partial charge < -0.3 is 25.1 Å². The number of aromatic nitrogens is 1. The molecule has 9 heteroatoms. The molecule has 3 unspecified atom stereocenters. The molecule has 0 radical (unpaired) electrons. The van der Waals surface area contributed by atoms with E-state index in [-0.39, 0.29) is 17.6 Å². The zero-order valence-corrected chi connectivity index (χ0v) is 20.5. The van der Waals surface area contributed by atoms with E-state index in [1.807, 2.05) is 7.11 Å². The molecule has 4 aliphatic rings. The fourth-order valence-electron chi connectivity index (χ4n) is 6.50. The number of anilines is 1. The number of alkyl halides is 2. The number of pyridine rings is 1. The Morgan fingerprint density at radius 3 is 2.47 bits per heavy atom. The minimum absolute atomic E-state index is 0.0344. The van der Waals surface area contributed by atoms with Crippen LogP contribution in [0.25, 0.3) is 0 Å². The van der Waals surface area contributed by atoms with E-state index in [4.69, 9.17) is 10.5 Å². The minimum Gasteiger partial charge on any atom is -0.431 e. The second kappa shape index (κ2) is 8.91. The molecule has 34 heavy (non-hydrogen) atoms. The molecule has 2 saturated carbocycles. The average Bonchev–Trinajstić information content (AvgIpc) is 3.13. The molecule has 2 aliphatic carbocycles. The maximum atomic E-state index is 12.8. The number of rotatable bonds is 7. The van der Waals surface area contributed by atoms with Crippen LogP contribution >= 0.6 is 0 Å². The highest BCUT2D eigenvalue weighted by Gasteiger charge is 2.60. The zero-order valence-electron chi connectivity index (χ0n) is 20.5. The van der Waals surface area contributed by atoms with Crippen LogP contribution in [0.5, 0.6) is 5.75 Å². The summed E-state index contributed by atoms with van der Waals surface area (Å²) in [5, 5.41) is 2.26. The van der Waals surface area contributed by atoms with E-state index in [9.17, 15) is 8.78 Å². The van der Waals surface area contributed by atoms with E-state index < -0.39 is 12.2 Å². The fraction of sp³-hybridized carbons (Fsp3) is 0.720. The van der Waals surface area contributed by atoms with Gasteiger partial charge in [0.1, 0.15) is 0 Å². The van der Waals surface area contributed by atoms with Crippen molar-refractivity contribution in [1.29, 1.82) is 0 Å². The number of methoxy groups -OCH3 is 1. The van der Waals surface area contributed by atoms with E-state index in [2.05, 4.69) is 51.9 Å². The average molecular weight is 478 g/mol. The molecule has 5 rings (SSSR count). The first kappa shape index (κ1) is 23.8. The molecule has 0 bridgehead atoms. The van der Waals surface area contributed by atoms with Gasteiger partial charge >= 0.3 is 6.61 Å². The number of piperidine rings is 1. The lowest BCUT2D eigenvalue weighted by Gasteiger charge is -2.37. The van der Waals surface area contributed by atoms with Gasteiger partial charge in [-0.3, -0.25) is 0 Å². The second-order valence-corrected chi connectivity index (χ2v) is 10.8. The summed E-state index contributed by atoms with van der Waals surface area (Å²) < 4.78 is 35.8. The number of nitrogen functional groups attached to an aromatic ring is 1. The van der Waals surface area contributed by atoms with Crippen LogP contribution in [0.4, 0.5) is 14.6 Å². The number of fused-ring (bicyclic) bond motifs is 1. The Kier molecular flexibility index (Phi) is 6.23. The lowest BCUT2D eigenvalue weighted by atomic mass is 9.92. The summed E-state index contributed by atoms with van der Waals surface area (Å²) in [7, 11) is 1.82. The third-order valence-electron chi connectivity index (χ3n) is 8.37. The number of hydrogen-bond donors (Lipinski definition) is 2. The Balaban J connectivity index is 1.31. The third-order valence-corrected chi connectivity index (χ3v) is 8.37. The summed E-state index contributed by atoms with van der Waals surface area (Å²) in [5.41, 5.74) is 10.9. The molecule has 5 atom stereocenters. The first-order valence-electron chi connectivity index (χ1n) is 12.5. The SMILES string of the molecule is COC1CCN(C2C[C@@H]3C(C4=CC(C)(c5cnc(N)c(OC(F)F)c5)NN4C(C)C)[C@@H]3C2)CC1. The van der Waals surface area contributed by atoms with Crippen LogP contribution < -0.4 is 15.9 Å². The van der Waals surface area contributed by atoms with Crippen LogP contribution in [0.1, 0.15) is 52.0 Å². The number of ether oxygens (including phenoxy) is 2. The molecule has 3 N–H and O–H groups in total. The van der Waals surface area contributed by atoms with Crippen LogP contribution in [0.2, 0.25) is 0 Å². The molecule has 1 saturated heterocycles. The molecular formula is C25H37F2N5O2. The van der Waals surface area contributed by atoms with Crippen molar-refractivity contribution in [2.45, 2.75) is 76.8 Å². The second-order valence-electron chi connectivity index (χ2n) is 10.8. The smallest absolute Gasteiger partial charge is 0.387 e. The molecule has 3 fully saturated rings. The van der Waals surface area contributed by atoms with Gasteiger partial charge in [-0.25, -0.2) is 10.4 Å². The highest BCUT2D eigenvalue weighted by molar-refractivity contribution is 5.50. The van der Waals surface area contributed by atoms with Gasteiger partial charge in [0.25, 0.3) is 0 Å². The van der Waals surface area contributed by atoms with Crippen molar-refractivity contribution >= 4 is 5.82 Å². The van der Waals surface area contributed by atoms with Gasteiger partial charge in [0.2, 0.25) is 0 Å².